The summed E-state index contributed by atoms with van der Waals surface area (Å²) < 4.78 is 10.6. The average molecular weight is 444 g/mol. The fourth-order valence-electron chi connectivity index (χ4n) is 3.62. The third kappa shape index (κ3) is 5.09. The Bertz CT molecular complexity index is 1180. The predicted molar refractivity (Wildman–Crippen MR) is 120 cm³/mol. The van der Waals surface area contributed by atoms with E-state index in [9.17, 15) is 14.7 Å². The van der Waals surface area contributed by atoms with Crippen molar-refractivity contribution < 1.29 is 9.84 Å². The fourth-order valence-corrected chi connectivity index (χ4v) is 4.40. The molecule has 31 heavy (non-hydrogen) atoms. The molecule has 0 bridgehead atoms. The number of hydrogen-bond acceptors (Lipinski definition) is 8. The topological polar surface area (TPSA) is 113 Å². The van der Waals surface area contributed by atoms with Gasteiger partial charge >= 0.3 is 5.69 Å². The SMILES string of the molecule is Cc1nsc2[nH]c(=O)n(/N=C/c3ccc(OC[C@H](O)CN4CCCCC4)cc3)c(=O)c12. The number of H-pyrrole nitrogens is 1. The lowest BCUT2D eigenvalue weighted by Crippen LogP contribution is -2.38. The van der Waals surface area contributed by atoms with E-state index in [4.69, 9.17) is 4.74 Å². The number of aliphatic hydroxyl groups is 1. The van der Waals surface area contributed by atoms with Crippen LogP contribution in [-0.4, -0.2) is 62.6 Å². The van der Waals surface area contributed by atoms with Crippen LogP contribution in [-0.2, 0) is 0 Å². The molecule has 164 valence electrons. The minimum atomic E-state index is -0.611. The van der Waals surface area contributed by atoms with E-state index in [1.54, 1.807) is 31.2 Å². The van der Waals surface area contributed by atoms with E-state index in [0.717, 1.165) is 29.3 Å². The van der Waals surface area contributed by atoms with Gasteiger partial charge in [0.15, 0.2) is 0 Å². The summed E-state index contributed by atoms with van der Waals surface area (Å²) in [4.78, 5) is 30.0. The summed E-state index contributed by atoms with van der Waals surface area (Å²) in [5.74, 6) is 0.631. The van der Waals surface area contributed by atoms with Crippen molar-refractivity contribution in [1.29, 1.82) is 0 Å². The number of piperidine rings is 1. The number of ether oxygens (including phenoxy) is 1. The molecule has 2 aromatic heterocycles. The molecule has 0 spiro atoms. The standard InChI is InChI=1S/C21H25N5O4S/c1-14-18-19(31-24-14)23-21(29)26(20(18)28)22-11-15-5-7-17(8-6-15)30-13-16(27)12-25-9-3-2-4-10-25/h5-8,11,16,27H,2-4,9-10,12-13H2,1H3,(H,23,29)/b22-11+/t16-/m1/s1. The average Bonchev–Trinajstić information content (AvgIpc) is 3.14. The third-order valence-corrected chi connectivity index (χ3v) is 6.10. The Labute approximate surface area is 182 Å². The molecule has 1 aliphatic rings. The van der Waals surface area contributed by atoms with Gasteiger partial charge in [0.2, 0.25) is 0 Å². The first-order valence-corrected chi connectivity index (χ1v) is 11.1. The maximum Gasteiger partial charge on any atom is 0.350 e. The molecule has 4 rings (SSSR count). The number of aromatic nitrogens is 3. The highest BCUT2D eigenvalue weighted by atomic mass is 32.1. The van der Waals surface area contributed by atoms with Gasteiger partial charge in [0.05, 0.1) is 17.3 Å². The highest BCUT2D eigenvalue weighted by molar-refractivity contribution is 7.12. The van der Waals surface area contributed by atoms with Gasteiger partial charge in [0.1, 0.15) is 23.3 Å². The lowest BCUT2D eigenvalue weighted by atomic mass is 10.1. The first-order chi connectivity index (χ1) is 15.0. The summed E-state index contributed by atoms with van der Waals surface area (Å²) in [6.45, 7) is 4.63. The van der Waals surface area contributed by atoms with E-state index in [-0.39, 0.29) is 6.61 Å². The largest absolute Gasteiger partial charge is 0.491 e. The molecule has 0 aliphatic carbocycles. The Balaban J connectivity index is 1.38. The molecular weight excluding hydrogens is 418 g/mol. The summed E-state index contributed by atoms with van der Waals surface area (Å²) in [5.41, 5.74) is 0.158. The number of fused-ring (bicyclic) bond motifs is 1. The van der Waals surface area contributed by atoms with Gasteiger partial charge in [-0.3, -0.25) is 9.78 Å². The molecule has 3 aromatic rings. The van der Waals surface area contributed by atoms with E-state index in [1.807, 2.05) is 0 Å². The Morgan fingerprint density at radius 1 is 1.26 bits per heavy atom. The van der Waals surface area contributed by atoms with Crippen molar-refractivity contribution in [2.24, 2.45) is 5.10 Å². The summed E-state index contributed by atoms with van der Waals surface area (Å²) in [6, 6.07) is 7.06. The number of likely N-dealkylation sites (tertiary alicyclic amines) is 1. The molecule has 0 amide bonds. The van der Waals surface area contributed by atoms with Crippen molar-refractivity contribution >= 4 is 28.0 Å². The maximum absolute atomic E-state index is 12.5. The first kappa shape index (κ1) is 21.4. The number of aromatic amines is 1. The van der Waals surface area contributed by atoms with Gasteiger partial charge < -0.3 is 14.7 Å². The molecule has 10 heteroatoms. The van der Waals surface area contributed by atoms with Crippen molar-refractivity contribution in [3.05, 3.63) is 56.4 Å². The molecular formula is C21H25N5O4S. The van der Waals surface area contributed by atoms with Crippen LogP contribution in [0, 0.1) is 6.92 Å². The second-order valence-electron chi connectivity index (χ2n) is 7.66. The zero-order valence-corrected chi connectivity index (χ0v) is 18.1. The van der Waals surface area contributed by atoms with Crippen LogP contribution in [0.3, 0.4) is 0 Å². The van der Waals surface area contributed by atoms with Crippen LogP contribution in [0.15, 0.2) is 39.0 Å². The van der Waals surface area contributed by atoms with E-state index in [1.165, 1.54) is 25.5 Å². The quantitative estimate of drug-likeness (QED) is 0.536. The molecule has 1 aliphatic heterocycles. The minimum absolute atomic E-state index is 0.225. The van der Waals surface area contributed by atoms with Gasteiger partial charge in [-0.25, -0.2) is 4.79 Å². The summed E-state index contributed by atoms with van der Waals surface area (Å²) >= 11 is 1.08. The maximum atomic E-state index is 12.5. The van der Waals surface area contributed by atoms with Gasteiger partial charge in [0.25, 0.3) is 5.56 Å². The Kier molecular flexibility index (Phi) is 6.59. The number of rotatable bonds is 7. The summed E-state index contributed by atoms with van der Waals surface area (Å²) in [5, 5.41) is 14.6. The minimum Gasteiger partial charge on any atom is -0.491 e. The van der Waals surface area contributed by atoms with Crippen LogP contribution in [0.25, 0.3) is 10.2 Å². The lowest BCUT2D eigenvalue weighted by molar-refractivity contribution is 0.0617. The third-order valence-electron chi connectivity index (χ3n) is 5.24. The molecule has 1 saturated heterocycles. The molecule has 1 fully saturated rings. The number of β-amino-alcohol motifs (C(OH)–C–C–N with tert-alkyl or cyclic N) is 1. The second kappa shape index (κ2) is 9.54. The smallest absolute Gasteiger partial charge is 0.350 e. The number of aliphatic hydroxyl groups excluding tert-OH is 1. The van der Waals surface area contributed by atoms with Crippen molar-refractivity contribution in [3.63, 3.8) is 0 Å². The molecule has 1 atom stereocenters. The first-order valence-electron chi connectivity index (χ1n) is 10.3. The van der Waals surface area contributed by atoms with Gasteiger partial charge in [-0.2, -0.15) is 9.47 Å². The van der Waals surface area contributed by atoms with Crippen molar-refractivity contribution in [1.82, 2.24) is 18.9 Å². The molecule has 0 radical (unpaired) electrons. The molecule has 1 aromatic carbocycles. The number of aryl methyl sites for hydroxylation is 1. The highest BCUT2D eigenvalue weighted by Gasteiger charge is 2.15. The lowest BCUT2D eigenvalue weighted by Gasteiger charge is -2.28. The zero-order valence-electron chi connectivity index (χ0n) is 17.3. The van der Waals surface area contributed by atoms with E-state index in [2.05, 4.69) is 19.4 Å². The second-order valence-corrected chi connectivity index (χ2v) is 8.43. The van der Waals surface area contributed by atoms with Crippen LogP contribution in [0.1, 0.15) is 30.5 Å². The molecule has 9 nitrogen and oxygen atoms in total. The molecule has 0 unspecified atom stereocenters. The normalized spacial score (nSPS) is 16.2. The number of hydrogen-bond donors (Lipinski definition) is 2. The fraction of sp³-hybridized carbons (Fsp3) is 0.429. The van der Waals surface area contributed by atoms with Crippen LogP contribution in [0.5, 0.6) is 5.75 Å². The summed E-state index contributed by atoms with van der Waals surface area (Å²) in [6.07, 6.45) is 4.54. The van der Waals surface area contributed by atoms with Crippen LogP contribution in [0.4, 0.5) is 0 Å². The molecule has 0 saturated carbocycles. The van der Waals surface area contributed by atoms with Gasteiger partial charge in [-0.1, -0.05) is 6.42 Å². The monoisotopic (exact) mass is 443 g/mol. The van der Waals surface area contributed by atoms with Crippen molar-refractivity contribution in [2.75, 3.05) is 26.2 Å². The van der Waals surface area contributed by atoms with Crippen LogP contribution >= 0.6 is 11.5 Å². The Morgan fingerprint density at radius 3 is 2.74 bits per heavy atom. The number of benzene rings is 1. The molecule has 3 heterocycles. The Morgan fingerprint density at radius 2 is 2.00 bits per heavy atom. The number of nitrogens with zero attached hydrogens (tertiary/aromatic N) is 4. The van der Waals surface area contributed by atoms with Gasteiger partial charge in [0, 0.05) is 6.54 Å². The van der Waals surface area contributed by atoms with Crippen molar-refractivity contribution in [3.8, 4) is 5.75 Å². The van der Waals surface area contributed by atoms with Crippen LogP contribution < -0.4 is 16.0 Å². The zero-order chi connectivity index (χ0) is 21.8. The van der Waals surface area contributed by atoms with Gasteiger partial charge in [-0.05, 0) is 74.2 Å². The highest BCUT2D eigenvalue weighted by Crippen LogP contribution is 2.15. The van der Waals surface area contributed by atoms with E-state index < -0.39 is 17.4 Å². The Hall–Kier alpha value is -2.82. The number of nitrogens with one attached hydrogen (secondary N) is 1. The van der Waals surface area contributed by atoms with Gasteiger partial charge in [-0.15, -0.1) is 4.68 Å². The van der Waals surface area contributed by atoms with E-state index >= 15 is 0 Å². The van der Waals surface area contributed by atoms with Crippen LogP contribution in [0.2, 0.25) is 0 Å². The van der Waals surface area contributed by atoms with E-state index in [0.29, 0.717) is 33.8 Å². The molecule has 2 N–H and O–H groups in total. The van der Waals surface area contributed by atoms with Crippen molar-refractivity contribution in [2.45, 2.75) is 32.3 Å². The predicted octanol–water partition coefficient (Wildman–Crippen LogP) is 1.56. The summed E-state index contributed by atoms with van der Waals surface area (Å²) in [7, 11) is 0.